The van der Waals surface area contributed by atoms with Crippen LogP contribution in [-0.4, -0.2) is 33.5 Å². The average Bonchev–Trinajstić information content (AvgIpc) is 3.36. The van der Waals surface area contributed by atoms with Crippen LogP contribution in [0.1, 0.15) is 33.1 Å². The van der Waals surface area contributed by atoms with Gasteiger partial charge in [0.2, 0.25) is 11.8 Å². The van der Waals surface area contributed by atoms with E-state index < -0.39 is 40.7 Å². The van der Waals surface area contributed by atoms with Gasteiger partial charge in [0.05, 0.1) is 28.5 Å². The normalized spacial score (nSPS) is 23.6. The third-order valence-corrected chi connectivity index (χ3v) is 7.74. The highest BCUT2D eigenvalue weighted by Crippen LogP contribution is 2.54. The summed E-state index contributed by atoms with van der Waals surface area (Å²) < 4.78 is 0. The lowest BCUT2D eigenvalue weighted by atomic mass is 9.83. The Kier molecular flexibility index (Phi) is 5.24. The summed E-state index contributed by atoms with van der Waals surface area (Å²) in [5.41, 5.74) is 2.78. The van der Waals surface area contributed by atoms with Crippen molar-refractivity contribution in [1.29, 1.82) is 0 Å². The number of imide groups is 1. The van der Waals surface area contributed by atoms with Gasteiger partial charge in [-0.2, -0.15) is 0 Å². The summed E-state index contributed by atoms with van der Waals surface area (Å²) in [6.45, 7) is 1.62. The highest BCUT2D eigenvalue weighted by molar-refractivity contribution is 6.30. The number of fused-ring (bicyclic) bond motifs is 5. The number of anilines is 1. The Morgan fingerprint density at radius 2 is 1.68 bits per heavy atom. The Balaban J connectivity index is 1.49. The predicted octanol–water partition coefficient (Wildman–Crippen LogP) is 4.95. The highest BCUT2D eigenvalue weighted by Gasteiger charge is 2.64. The van der Waals surface area contributed by atoms with Crippen molar-refractivity contribution in [2.24, 2.45) is 11.8 Å². The number of ketones is 1. The molecule has 2 amide bonds. The summed E-state index contributed by atoms with van der Waals surface area (Å²) in [6, 6.07) is 16.7. The van der Waals surface area contributed by atoms with Crippen LogP contribution in [-0.2, 0) is 9.59 Å². The Morgan fingerprint density at radius 1 is 0.973 bits per heavy atom. The molecule has 0 aromatic heterocycles. The Morgan fingerprint density at radius 3 is 2.38 bits per heavy atom. The zero-order chi connectivity index (χ0) is 26.0. The Hall–Kier alpha value is -4.30. The molecule has 6 rings (SSSR count). The molecule has 0 aliphatic carbocycles. The fraction of sp³-hybridized carbons (Fsp3) is 0.179. The summed E-state index contributed by atoms with van der Waals surface area (Å²) in [7, 11) is 0. The minimum Gasteiger partial charge on any atom is -0.358 e. The molecular weight excluding hydrogens is 494 g/mol. The second kappa shape index (κ2) is 8.38. The van der Waals surface area contributed by atoms with E-state index in [1.807, 2.05) is 35.2 Å². The van der Waals surface area contributed by atoms with Crippen LogP contribution in [0.3, 0.4) is 0 Å². The monoisotopic (exact) mass is 513 g/mol. The molecule has 0 saturated carbocycles. The molecule has 8 nitrogen and oxygen atoms in total. The topological polar surface area (TPSA) is 101 Å². The summed E-state index contributed by atoms with van der Waals surface area (Å²) >= 11 is 6.03. The quantitative estimate of drug-likeness (QED) is 0.212. The first-order valence-corrected chi connectivity index (χ1v) is 12.1. The zero-order valence-corrected chi connectivity index (χ0v) is 20.3. The third-order valence-electron chi connectivity index (χ3n) is 7.49. The molecule has 0 N–H and O–H groups in total. The van der Waals surface area contributed by atoms with Gasteiger partial charge in [-0.1, -0.05) is 35.9 Å². The lowest BCUT2D eigenvalue weighted by molar-refractivity contribution is -0.384. The van der Waals surface area contributed by atoms with Crippen molar-refractivity contribution in [1.82, 2.24) is 4.90 Å². The van der Waals surface area contributed by atoms with Crippen LogP contribution in [0.5, 0.6) is 0 Å². The van der Waals surface area contributed by atoms with Crippen LogP contribution >= 0.6 is 11.6 Å². The first-order chi connectivity index (χ1) is 17.8. The van der Waals surface area contributed by atoms with Gasteiger partial charge in [-0.3, -0.25) is 24.5 Å². The number of carbonyl (C=O) groups excluding carboxylic acids is 3. The SMILES string of the molecule is Cc1cc([N+](=O)[O-])ccc1N1C(=O)[C@@H]2[C@@H](C1=O)[C@H]1c3ccccc3C=CN1[C@@H]2C(=O)c1ccc(Cl)cc1. The number of non-ortho nitro benzene ring substituents is 1. The molecule has 3 heterocycles. The van der Waals surface area contributed by atoms with Gasteiger partial charge in [-0.25, -0.2) is 4.90 Å². The molecule has 0 spiro atoms. The second-order valence-electron chi connectivity index (χ2n) is 9.44. The van der Waals surface area contributed by atoms with E-state index in [-0.39, 0.29) is 11.5 Å². The number of aryl methyl sites for hydroxylation is 1. The maximum absolute atomic E-state index is 14.0. The van der Waals surface area contributed by atoms with E-state index in [2.05, 4.69) is 0 Å². The number of nitro groups is 1. The molecule has 3 aromatic carbocycles. The molecule has 184 valence electrons. The summed E-state index contributed by atoms with van der Waals surface area (Å²) in [6.07, 6.45) is 3.69. The van der Waals surface area contributed by atoms with Gasteiger partial charge in [-0.15, -0.1) is 0 Å². The van der Waals surface area contributed by atoms with Crippen molar-refractivity contribution in [3.63, 3.8) is 0 Å². The second-order valence-corrected chi connectivity index (χ2v) is 9.88. The number of hydrogen-bond acceptors (Lipinski definition) is 6. The maximum Gasteiger partial charge on any atom is 0.269 e. The number of halogens is 1. The summed E-state index contributed by atoms with van der Waals surface area (Å²) in [5, 5.41) is 11.7. The number of Topliss-reactive ketones (excluding diaryl/α,β-unsaturated/α-hetero) is 1. The number of nitrogens with zero attached hydrogens (tertiary/aromatic N) is 3. The fourth-order valence-electron chi connectivity index (χ4n) is 5.88. The zero-order valence-electron chi connectivity index (χ0n) is 19.6. The molecule has 37 heavy (non-hydrogen) atoms. The van der Waals surface area contributed by atoms with Crippen LogP contribution in [0.25, 0.3) is 6.08 Å². The van der Waals surface area contributed by atoms with Crippen molar-refractivity contribution >= 4 is 46.6 Å². The minimum absolute atomic E-state index is 0.131. The number of hydrogen-bond donors (Lipinski definition) is 0. The summed E-state index contributed by atoms with van der Waals surface area (Å²) in [5.74, 6) is -2.90. The molecule has 3 aliphatic rings. The van der Waals surface area contributed by atoms with Crippen molar-refractivity contribution in [2.45, 2.75) is 19.0 Å². The van der Waals surface area contributed by atoms with Crippen molar-refractivity contribution in [3.05, 3.63) is 110 Å². The molecule has 3 aliphatic heterocycles. The van der Waals surface area contributed by atoms with E-state index in [9.17, 15) is 24.5 Å². The van der Waals surface area contributed by atoms with Gasteiger partial charge in [0, 0.05) is 28.9 Å². The molecule has 2 fully saturated rings. The van der Waals surface area contributed by atoms with E-state index in [0.29, 0.717) is 21.8 Å². The van der Waals surface area contributed by atoms with Crippen molar-refractivity contribution < 1.29 is 19.3 Å². The molecule has 0 unspecified atom stereocenters. The Labute approximate surface area is 216 Å². The number of nitro benzene ring substituents is 1. The van der Waals surface area contributed by atoms with Crippen molar-refractivity contribution in [2.75, 3.05) is 4.90 Å². The molecule has 0 bridgehead atoms. The van der Waals surface area contributed by atoms with Gasteiger partial charge in [-0.05, 0) is 60.0 Å². The number of carbonyl (C=O) groups is 3. The first-order valence-electron chi connectivity index (χ1n) is 11.7. The van der Waals surface area contributed by atoms with E-state index in [1.54, 1.807) is 37.4 Å². The van der Waals surface area contributed by atoms with Crippen molar-refractivity contribution in [3.8, 4) is 0 Å². The van der Waals surface area contributed by atoms with Crippen LogP contribution < -0.4 is 4.90 Å². The third kappa shape index (κ3) is 3.40. The smallest absolute Gasteiger partial charge is 0.269 e. The van der Waals surface area contributed by atoms with Crippen LogP contribution in [0.15, 0.2) is 72.9 Å². The lowest BCUT2D eigenvalue weighted by Crippen LogP contribution is -2.44. The van der Waals surface area contributed by atoms with E-state index >= 15 is 0 Å². The standard InChI is InChI=1S/C28H20ClN3O5/c1-15-14-19(32(36)37)10-11-21(15)31-27(34)22-23(28(31)35)25(26(33)17-6-8-18(29)9-7-17)30-13-12-16-4-2-3-5-20(16)24(22)30/h2-14,22-25H,1H3/t22-,23-,24-,25+/m1/s1. The van der Waals surface area contributed by atoms with Gasteiger partial charge < -0.3 is 4.90 Å². The van der Waals surface area contributed by atoms with Crippen LogP contribution in [0.2, 0.25) is 5.02 Å². The molecule has 4 atom stereocenters. The fourth-order valence-corrected chi connectivity index (χ4v) is 6.01. The van der Waals surface area contributed by atoms with Crippen LogP contribution in [0, 0.1) is 28.9 Å². The molecule has 3 aromatic rings. The number of benzene rings is 3. The van der Waals surface area contributed by atoms with Gasteiger partial charge in [0.1, 0.15) is 6.04 Å². The highest BCUT2D eigenvalue weighted by atomic mass is 35.5. The largest absolute Gasteiger partial charge is 0.358 e. The predicted molar refractivity (Wildman–Crippen MR) is 137 cm³/mol. The van der Waals surface area contributed by atoms with Gasteiger partial charge in [0.25, 0.3) is 5.69 Å². The molecule has 0 radical (unpaired) electrons. The van der Waals surface area contributed by atoms with Gasteiger partial charge >= 0.3 is 0 Å². The van der Waals surface area contributed by atoms with Crippen LogP contribution in [0.4, 0.5) is 11.4 Å². The van der Waals surface area contributed by atoms with E-state index in [1.165, 1.54) is 18.2 Å². The van der Waals surface area contributed by atoms with E-state index in [4.69, 9.17) is 11.6 Å². The lowest BCUT2D eigenvalue weighted by Gasteiger charge is -2.35. The average molecular weight is 514 g/mol. The molecule has 2 saturated heterocycles. The number of amides is 2. The molecular formula is C28H20ClN3O5. The Bertz CT molecular complexity index is 1530. The minimum atomic E-state index is -0.925. The van der Waals surface area contributed by atoms with E-state index in [0.717, 1.165) is 16.0 Å². The number of rotatable bonds is 4. The maximum atomic E-state index is 14.0. The first kappa shape index (κ1) is 23.1. The molecule has 9 heteroatoms. The summed E-state index contributed by atoms with van der Waals surface area (Å²) in [4.78, 5) is 55.5. The van der Waals surface area contributed by atoms with Gasteiger partial charge in [0.15, 0.2) is 5.78 Å².